The van der Waals surface area contributed by atoms with Crippen LogP contribution in [0.4, 0.5) is 11.5 Å². The molecule has 0 saturated carbocycles. The molecule has 1 aliphatic carbocycles. The molecule has 138 valence electrons. The van der Waals surface area contributed by atoms with E-state index in [-0.39, 0.29) is 6.17 Å². The van der Waals surface area contributed by atoms with Crippen molar-refractivity contribution in [2.45, 2.75) is 40.3 Å². The van der Waals surface area contributed by atoms with Crippen LogP contribution < -0.4 is 9.80 Å². The topological polar surface area (TPSA) is 45.4 Å². The lowest BCUT2D eigenvalue weighted by atomic mass is 9.85. The summed E-state index contributed by atoms with van der Waals surface area (Å²) in [5.74, 6) is 2.39. The maximum absolute atomic E-state index is 6.36. The van der Waals surface area contributed by atoms with Gasteiger partial charge < -0.3 is 14.2 Å². The van der Waals surface area contributed by atoms with Crippen molar-refractivity contribution in [3.8, 4) is 0 Å². The van der Waals surface area contributed by atoms with Crippen LogP contribution >= 0.6 is 0 Å². The van der Waals surface area contributed by atoms with E-state index in [1.54, 1.807) is 0 Å². The fraction of sp³-hybridized carbons (Fsp3) is 0.364. The first-order chi connectivity index (χ1) is 13.0. The monoisotopic (exact) mass is 360 g/mol. The maximum atomic E-state index is 6.36. The molecule has 0 saturated heterocycles. The molecule has 2 aliphatic rings. The normalized spacial score (nSPS) is 21.8. The largest absolute Gasteiger partial charge is 0.436 e. The van der Waals surface area contributed by atoms with Crippen LogP contribution in [0.1, 0.15) is 37.8 Å². The Kier molecular flexibility index (Phi) is 3.39. The molecule has 3 aromatic rings. The van der Waals surface area contributed by atoms with Gasteiger partial charge in [0.05, 0.1) is 11.4 Å². The quantitative estimate of drug-likeness (QED) is 0.626. The molecule has 5 rings (SSSR count). The number of aromatic nitrogens is 2. The molecule has 0 spiro atoms. The van der Waals surface area contributed by atoms with Gasteiger partial charge in [-0.1, -0.05) is 6.92 Å². The number of hydrogen-bond acceptors (Lipinski definition) is 5. The summed E-state index contributed by atoms with van der Waals surface area (Å²) in [4.78, 5) is 13.9. The first-order valence-electron chi connectivity index (χ1n) is 9.54. The lowest BCUT2D eigenvalue weighted by Crippen LogP contribution is -2.39. The van der Waals surface area contributed by atoms with E-state index in [1.807, 2.05) is 19.2 Å². The molecular weight excluding hydrogens is 336 g/mol. The number of rotatable bonds is 1. The molecule has 5 nitrogen and oxygen atoms in total. The average molecular weight is 360 g/mol. The third kappa shape index (κ3) is 2.17. The van der Waals surface area contributed by atoms with Crippen molar-refractivity contribution in [2.75, 3.05) is 16.8 Å². The van der Waals surface area contributed by atoms with Crippen molar-refractivity contribution in [2.24, 2.45) is 5.92 Å². The standard InChI is InChI=1S/C22H24N4O/c1-12-11-17-16-9-8-13(2)24-22(16)27-20(17)19(14(12)3)26-15(4)25(5)18-7-6-10-23-21(18)26/h6-10,12,15H,11H2,1-5H3/t12?,15-/m0/s1. The first kappa shape index (κ1) is 16.4. The molecular formula is C22H24N4O. The van der Waals surface area contributed by atoms with E-state index in [9.17, 15) is 0 Å². The Bertz CT molecular complexity index is 1100. The first-order valence-corrected chi connectivity index (χ1v) is 9.54. The predicted molar refractivity (Wildman–Crippen MR) is 109 cm³/mol. The van der Waals surface area contributed by atoms with E-state index in [4.69, 9.17) is 9.40 Å². The summed E-state index contributed by atoms with van der Waals surface area (Å²) in [6.45, 7) is 8.74. The molecule has 0 bridgehead atoms. The third-order valence-corrected chi connectivity index (χ3v) is 6.18. The molecule has 1 unspecified atom stereocenters. The van der Waals surface area contributed by atoms with Crippen LogP contribution in [0.3, 0.4) is 0 Å². The second kappa shape index (κ2) is 5.59. The van der Waals surface area contributed by atoms with Gasteiger partial charge >= 0.3 is 0 Å². The van der Waals surface area contributed by atoms with Gasteiger partial charge in [-0.05, 0) is 62.9 Å². The number of hydrogen-bond donors (Lipinski definition) is 0. The third-order valence-electron chi connectivity index (χ3n) is 6.18. The van der Waals surface area contributed by atoms with Gasteiger partial charge in [0.1, 0.15) is 6.17 Å². The SMILES string of the molecule is CC1=C(N2c3ncccc3N(C)[C@@H]2C)c2oc3nc(C)ccc3c2CC1C. The minimum atomic E-state index is 0.168. The lowest BCUT2D eigenvalue weighted by molar-refractivity contribution is 0.551. The van der Waals surface area contributed by atoms with E-state index < -0.39 is 0 Å². The fourth-order valence-corrected chi connectivity index (χ4v) is 4.38. The number of anilines is 2. The molecule has 4 heterocycles. The molecule has 2 atom stereocenters. The molecule has 27 heavy (non-hydrogen) atoms. The van der Waals surface area contributed by atoms with Gasteiger partial charge in [-0.15, -0.1) is 0 Å². The van der Waals surface area contributed by atoms with Crippen LogP contribution in [0.5, 0.6) is 0 Å². The van der Waals surface area contributed by atoms with Gasteiger partial charge in [0.2, 0.25) is 5.71 Å². The van der Waals surface area contributed by atoms with E-state index >= 15 is 0 Å². The number of fused-ring (bicyclic) bond motifs is 4. The van der Waals surface area contributed by atoms with Crippen LogP contribution in [0, 0.1) is 12.8 Å². The van der Waals surface area contributed by atoms with E-state index in [2.05, 4.69) is 60.8 Å². The second-order valence-corrected chi connectivity index (χ2v) is 7.81. The summed E-state index contributed by atoms with van der Waals surface area (Å²) >= 11 is 0. The minimum absolute atomic E-state index is 0.168. The molecule has 0 radical (unpaired) electrons. The zero-order chi connectivity index (χ0) is 18.9. The van der Waals surface area contributed by atoms with Crippen molar-refractivity contribution in [1.82, 2.24) is 9.97 Å². The van der Waals surface area contributed by atoms with Crippen molar-refractivity contribution < 1.29 is 4.42 Å². The van der Waals surface area contributed by atoms with Crippen molar-refractivity contribution >= 4 is 28.3 Å². The van der Waals surface area contributed by atoms with E-state index in [0.717, 1.165) is 46.2 Å². The highest BCUT2D eigenvalue weighted by atomic mass is 16.3. The Balaban J connectivity index is 1.77. The summed E-state index contributed by atoms with van der Waals surface area (Å²) in [6.07, 6.45) is 3.01. The summed E-state index contributed by atoms with van der Waals surface area (Å²) in [5.41, 5.74) is 6.62. The summed E-state index contributed by atoms with van der Waals surface area (Å²) in [6, 6.07) is 8.34. The molecule has 0 fully saturated rings. The van der Waals surface area contributed by atoms with Crippen molar-refractivity contribution in [1.29, 1.82) is 0 Å². The summed E-state index contributed by atoms with van der Waals surface area (Å²) < 4.78 is 6.36. The molecule has 0 N–H and O–H groups in total. The molecule has 0 amide bonds. The van der Waals surface area contributed by atoms with Gasteiger partial charge in [-0.25, -0.2) is 9.97 Å². The average Bonchev–Trinajstić information content (AvgIpc) is 3.12. The number of pyridine rings is 2. The highest BCUT2D eigenvalue weighted by Gasteiger charge is 2.39. The smallest absolute Gasteiger partial charge is 0.227 e. The number of furan rings is 1. The van der Waals surface area contributed by atoms with Gasteiger partial charge in [0.25, 0.3) is 0 Å². The van der Waals surface area contributed by atoms with Crippen LogP contribution in [0.15, 0.2) is 40.5 Å². The van der Waals surface area contributed by atoms with Crippen molar-refractivity contribution in [3.63, 3.8) is 0 Å². The molecule has 0 aromatic carbocycles. The zero-order valence-electron chi connectivity index (χ0n) is 16.4. The van der Waals surface area contributed by atoms with Gasteiger partial charge in [-0.2, -0.15) is 0 Å². The highest BCUT2D eigenvalue weighted by Crippen LogP contribution is 2.47. The Morgan fingerprint density at radius 3 is 2.78 bits per heavy atom. The Labute approximate surface area is 159 Å². The van der Waals surface area contributed by atoms with Crippen LogP contribution in [-0.2, 0) is 6.42 Å². The van der Waals surface area contributed by atoms with Crippen LogP contribution in [0.25, 0.3) is 16.8 Å². The number of allylic oxidation sites excluding steroid dienone is 1. The summed E-state index contributed by atoms with van der Waals surface area (Å²) in [5, 5.41) is 1.13. The number of nitrogens with zero attached hydrogens (tertiary/aromatic N) is 4. The minimum Gasteiger partial charge on any atom is -0.436 e. The highest BCUT2D eigenvalue weighted by molar-refractivity contribution is 5.94. The predicted octanol–water partition coefficient (Wildman–Crippen LogP) is 4.76. The molecule has 1 aliphatic heterocycles. The second-order valence-electron chi connectivity index (χ2n) is 7.81. The van der Waals surface area contributed by atoms with Gasteiger partial charge in [0.15, 0.2) is 11.6 Å². The van der Waals surface area contributed by atoms with Crippen molar-refractivity contribution in [3.05, 3.63) is 53.1 Å². The van der Waals surface area contributed by atoms with Crippen LogP contribution in [-0.4, -0.2) is 23.2 Å². The van der Waals surface area contributed by atoms with E-state index in [0.29, 0.717) is 5.92 Å². The Morgan fingerprint density at radius 1 is 1.15 bits per heavy atom. The summed E-state index contributed by atoms with van der Waals surface area (Å²) in [7, 11) is 2.12. The fourth-order valence-electron chi connectivity index (χ4n) is 4.38. The zero-order valence-corrected chi connectivity index (χ0v) is 16.4. The molecule has 3 aromatic heterocycles. The number of aryl methyl sites for hydroxylation is 1. The van der Waals surface area contributed by atoms with Gasteiger partial charge in [-0.3, -0.25) is 0 Å². The molecule has 5 heteroatoms. The Hall–Kier alpha value is -2.82. The maximum Gasteiger partial charge on any atom is 0.227 e. The lowest BCUT2D eigenvalue weighted by Gasteiger charge is -2.33. The van der Waals surface area contributed by atoms with E-state index in [1.165, 1.54) is 11.1 Å². The Morgan fingerprint density at radius 2 is 1.96 bits per heavy atom. The van der Waals surface area contributed by atoms with Crippen LogP contribution in [0.2, 0.25) is 0 Å². The van der Waals surface area contributed by atoms with Gasteiger partial charge in [0, 0.05) is 29.9 Å².